The SMILES string of the molecule is COCc1c(C(=O)NCCCN(C(=O)OC(C)(C)C)C2CC2)sc2cccc(F)c12. The summed E-state index contributed by atoms with van der Waals surface area (Å²) < 4.78 is 25.7. The number of amides is 2. The normalized spacial score (nSPS) is 14.0. The molecule has 1 aromatic heterocycles. The average Bonchev–Trinajstić information content (AvgIpc) is 3.42. The summed E-state index contributed by atoms with van der Waals surface area (Å²) in [6.45, 7) is 6.64. The minimum Gasteiger partial charge on any atom is -0.444 e. The molecule has 164 valence electrons. The van der Waals surface area contributed by atoms with Crippen molar-refractivity contribution in [2.75, 3.05) is 20.2 Å². The van der Waals surface area contributed by atoms with Crippen LogP contribution in [0.2, 0.25) is 0 Å². The van der Waals surface area contributed by atoms with Gasteiger partial charge in [0.25, 0.3) is 5.91 Å². The Morgan fingerprint density at radius 1 is 1.30 bits per heavy atom. The number of nitrogens with one attached hydrogen (secondary N) is 1. The Kier molecular flexibility index (Phi) is 6.98. The minimum atomic E-state index is -0.535. The van der Waals surface area contributed by atoms with Crippen molar-refractivity contribution in [1.29, 1.82) is 0 Å². The first-order valence-corrected chi connectivity index (χ1v) is 11.0. The summed E-state index contributed by atoms with van der Waals surface area (Å²) in [4.78, 5) is 27.4. The number of carbonyl (C=O) groups is 2. The third-order valence-corrected chi connectivity index (χ3v) is 5.93. The molecule has 2 aromatic rings. The molecular formula is C22H29FN2O4S. The van der Waals surface area contributed by atoms with E-state index in [0.717, 1.165) is 17.5 Å². The van der Waals surface area contributed by atoms with Crippen LogP contribution in [0, 0.1) is 5.82 Å². The lowest BCUT2D eigenvalue weighted by molar-refractivity contribution is 0.0232. The van der Waals surface area contributed by atoms with Gasteiger partial charge in [0.1, 0.15) is 11.4 Å². The van der Waals surface area contributed by atoms with Crippen molar-refractivity contribution in [1.82, 2.24) is 10.2 Å². The van der Waals surface area contributed by atoms with E-state index >= 15 is 0 Å². The predicted molar refractivity (Wildman–Crippen MR) is 115 cm³/mol. The number of hydrogen-bond donors (Lipinski definition) is 1. The second-order valence-electron chi connectivity index (χ2n) is 8.47. The Morgan fingerprint density at radius 3 is 2.67 bits per heavy atom. The Bertz CT molecular complexity index is 918. The van der Waals surface area contributed by atoms with Crippen LogP contribution in [0.15, 0.2) is 18.2 Å². The van der Waals surface area contributed by atoms with Crippen LogP contribution in [0.1, 0.15) is 55.3 Å². The van der Waals surface area contributed by atoms with Crippen molar-refractivity contribution in [2.24, 2.45) is 0 Å². The second-order valence-corrected chi connectivity index (χ2v) is 9.52. The van der Waals surface area contributed by atoms with Gasteiger partial charge in [0, 0.05) is 41.9 Å². The van der Waals surface area contributed by atoms with Crippen molar-refractivity contribution in [3.63, 3.8) is 0 Å². The predicted octanol–water partition coefficient (Wildman–Crippen LogP) is 4.71. The van der Waals surface area contributed by atoms with E-state index < -0.39 is 5.60 Å². The molecule has 8 heteroatoms. The van der Waals surface area contributed by atoms with Gasteiger partial charge in [0.05, 0.1) is 11.5 Å². The molecule has 6 nitrogen and oxygen atoms in total. The summed E-state index contributed by atoms with van der Waals surface area (Å²) in [5, 5.41) is 3.34. The third kappa shape index (κ3) is 5.49. The van der Waals surface area contributed by atoms with E-state index in [1.54, 1.807) is 17.0 Å². The molecule has 0 bridgehead atoms. The molecule has 3 rings (SSSR count). The van der Waals surface area contributed by atoms with Gasteiger partial charge >= 0.3 is 6.09 Å². The maximum atomic E-state index is 14.3. The van der Waals surface area contributed by atoms with E-state index in [1.165, 1.54) is 24.5 Å². The maximum Gasteiger partial charge on any atom is 0.410 e. The molecule has 0 aliphatic heterocycles. The van der Waals surface area contributed by atoms with Gasteiger partial charge in [0.2, 0.25) is 0 Å². The zero-order chi connectivity index (χ0) is 21.9. The standard InChI is InChI=1S/C22H29FN2O4S/c1-22(2,3)29-21(27)25(14-9-10-14)12-6-11-24-20(26)19-15(13-28-4)18-16(23)7-5-8-17(18)30-19/h5,7-8,14H,6,9-13H2,1-4H3,(H,24,26). The Hall–Kier alpha value is -2.19. The van der Waals surface area contributed by atoms with E-state index in [4.69, 9.17) is 9.47 Å². The molecule has 1 fully saturated rings. The highest BCUT2D eigenvalue weighted by atomic mass is 32.1. The first-order valence-electron chi connectivity index (χ1n) is 10.2. The summed E-state index contributed by atoms with van der Waals surface area (Å²) in [5.41, 5.74) is 0.0357. The molecule has 0 atom stereocenters. The van der Waals surface area contributed by atoms with E-state index in [9.17, 15) is 14.0 Å². The van der Waals surface area contributed by atoms with Crippen LogP contribution < -0.4 is 5.32 Å². The molecule has 1 aromatic carbocycles. The quantitative estimate of drug-likeness (QED) is 0.609. The lowest BCUT2D eigenvalue weighted by Gasteiger charge is -2.27. The Morgan fingerprint density at radius 2 is 2.03 bits per heavy atom. The van der Waals surface area contributed by atoms with Crippen LogP contribution >= 0.6 is 11.3 Å². The molecule has 0 radical (unpaired) electrons. The van der Waals surface area contributed by atoms with Crippen LogP contribution in [0.3, 0.4) is 0 Å². The number of thiophene rings is 1. The fourth-order valence-electron chi connectivity index (χ4n) is 3.29. The largest absolute Gasteiger partial charge is 0.444 e. The highest BCUT2D eigenvalue weighted by molar-refractivity contribution is 7.21. The summed E-state index contributed by atoms with van der Waals surface area (Å²) in [6, 6.07) is 5.05. The average molecular weight is 437 g/mol. The van der Waals surface area contributed by atoms with Gasteiger partial charge < -0.3 is 19.7 Å². The lowest BCUT2D eigenvalue weighted by Crippen LogP contribution is -2.39. The molecule has 0 spiro atoms. The fourth-order valence-corrected chi connectivity index (χ4v) is 4.43. The number of rotatable bonds is 8. The molecule has 0 unspecified atom stereocenters. The first kappa shape index (κ1) is 22.5. The maximum absolute atomic E-state index is 14.3. The number of fused-ring (bicyclic) bond motifs is 1. The summed E-state index contributed by atoms with van der Waals surface area (Å²) in [7, 11) is 1.52. The van der Waals surface area contributed by atoms with Crippen molar-refractivity contribution in [3.8, 4) is 0 Å². The number of nitrogens with zero attached hydrogens (tertiary/aromatic N) is 1. The monoisotopic (exact) mass is 436 g/mol. The molecule has 1 N–H and O–H groups in total. The Labute approximate surface area is 180 Å². The fraction of sp³-hybridized carbons (Fsp3) is 0.545. The number of benzene rings is 1. The van der Waals surface area contributed by atoms with Gasteiger partial charge in [-0.25, -0.2) is 9.18 Å². The van der Waals surface area contributed by atoms with Crippen molar-refractivity contribution < 1.29 is 23.5 Å². The van der Waals surface area contributed by atoms with Crippen LogP contribution in [-0.4, -0.2) is 48.7 Å². The van der Waals surface area contributed by atoms with Crippen LogP contribution in [0.4, 0.5) is 9.18 Å². The Balaban J connectivity index is 1.60. The zero-order valence-electron chi connectivity index (χ0n) is 17.9. The lowest BCUT2D eigenvalue weighted by atomic mass is 10.1. The van der Waals surface area contributed by atoms with Gasteiger partial charge in [0.15, 0.2) is 0 Å². The minimum absolute atomic E-state index is 0.164. The van der Waals surface area contributed by atoms with Crippen molar-refractivity contribution in [3.05, 3.63) is 34.5 Å². The van der Waals surface area contributed by atoms with Gasteiger partial charge in [-0.15, -0.1) is 11.3 Å². The number of methoxy groups -OCH3 is 1. The van der Waals surface area contributed by atoms with Crippen LogP contribution in [-0.2, 0) is 16.1 Å². The van der Waals surface area contributed by atoms with E-state index in [0.29, 0.717) is 35.3 Å². The molecule has 1 saturated carbocycles. The summed E-state index contributed by atoms with van der Waals surface area (Å²) in [6.07, 6.45) is 2.28. The van der Waals surface area contributed by atoms with Gasteiger partial charge in [-0.2, -0.15) is 0 Å². The van der Waals surface area contributed by atoms with Gasteiger partial charge in [-0.3, -0.25) is 4.79 Å². The van der Waals surface area contributed by atoms with Gasteiger partial charge in [-0.05, 0) is 52.2 Å². The highest BCUT2D eigenvalue weighted by Gasteiger charge is 2.34. The molecule has 1 aliphatic rings. The molecular weight excluding hydrogens is 407 g/mol. The summed E-state index contributed by atoms with van der Waals surface area (Å²) in [5.74, 6) is -0.606. The highest BCUT2D eigenvalue weighted by Crippen LogP contribution is 2.34. The number of halogens is 1. The number of carbonyl (C=O) groups excluding carboxylic acids is 2. The van der Waals surface area contributed by atoms with Crippen molar-refractivity contribution in [2.45, 2.75) is 58.3 Å². The molecule has 1 heterocycles. The number of hydrogen-bond acceptors (Lipinski definition) is 5. The first-order chi connectivity index (χ1) is 14.2. The zero-order valence-corrected chi connectivity index (χ0v) is 18.7. The van der Waals surface area contributed by atoms with E-state index in [-0.39, 0.29) is 30.5 Å². The second kappa shape index (κ2) is 9.31. The molecule has 0 saturated heterocycles. The van der Waals surface area contributed by atoms with Crippen LogP contribution in [0.5, 0.6) is 0 Å². The molecule has 30 heavy (non-hydrogen) atoms. The topological polar surface area (TPSA) is 67.9 Å². The number of ether oxygens (including phenoxy) is 2. The van der Waals surface area contributed by atoms with Crippen LogP contribution in [0.25, 0.3) is 10.1 Å². The summed E-state index contributed by atoms with van der Waals surface area (Å²) >= 11 is 1.26. The van der Waals surface area contributed by atoms with E-state index in [1.807, 2.05) is 20.8 Å². The smallest absolute Gasteiger partial charge is 0.410 e. The van der Waals surface area contributed by atoms with Gasteiger partial charge in [-0.1, -0.05) is 6.07 Å². The molecule has 2 amide bonds. The molecule has 1 aliphatic carbocycles. The third-order valence-electron chi connectivity index (χ3n) is 4.74. The van der Waals surface area contributed by atoms with Crippen molar-refractivity contribution >= 4 is 33.4 Å². The van der Waals surface area contributed by atoms with E-state index in [2.05, 4.69) is 5.32 Å².